The van der Waals surface area contributed by atoms with Gasteiger partial charge in [-0.25, -0.2) is 0 Å². The van der Waals surface area contributed by atoms with Crippen molar-refractivity contribution in [3.8, 4) is 0 Å². The highest BCUT2D eigenvalue weighted by molar-refractivity contribution is 5.75. The van der Waals surface area contributed by atoms with E-state index in [9.17, 15) is 4.79 Å². The fraction of sp³-hybridized carbons (Fsp3) is 0.923. The van der Waals surface area contributed by atoms with Crippen molar-refractivity contribution in [2.45, 2.75) is 53.8 Å². The van der Waals surface area contributed by atoms with Gasteiger partial charge < -0.3 is 14.2 Å². The van der Waals surface area contributed by atoms with Crippen LogP contribution in [-0.2, 0) is 19.0 Å². The molecule has 0 N–H and O–H groups in total. The standard InChI is InChI=1S/C13H26O4/c1-7-15-8-10(2)16-9-11(3)17-12(14)13(4,5)6/h10-11H,7-9H2,1-6H3. The Morgan fingerprint density at radius 2 is 1.71 bits per heavy atom. The van der Waals surface area contributed by atoms with Crippen molar-refractivity contribution in [2.75, 3.05) is 19.8 Å². The van der Waals surface area contributed by atoms with Gasteiger partial charge in [-0.2, -0.15) is 0 Å². The minimum atomic E-state index is -0.467. The van der Waals surface area contributed by atoms with Crippen LogP contribution in [0.3, 0.4) is 0 Å². The third-order valence-corrected chi connectivity index (χ3v) is 2.09. The molecule has 4 nitrogen and oxygen atoms in total. The van der Waals surface area contributed by atoms with Gasteiger partial charge in [0.05, 0.1) is 24.7 Å². The van der Waals surface area contributed by atoms with Gasteiger partial charge >= 0.3 is 5.97 Å². The maximum absolute atomic E-state index is 11.6. The summed E-state index contributed by atoms with van der Waals surface area (Å²) in [6, 6.07) is 0. The first-order valence-corrected chi connectivity index (χ1v) is 6.17. The molecule has 0 fully saturated rings. The molecule has 0 spiro atoms. The lowest BCUT2D eigenvalue weighted by Crippen LogP contribution is -2.30. The van der Waals surface area contributed by atoms with Gasteiger partial charge in [0.1, 0.15) is 6.10 Å². The van der Waals surface area contributed by atoms with Crippen molar-refractivity contribution < 1.29 is 19.0 Å². The number of carbonyl (C=O) groups excluding carboxylic acids is 1. The van der Waals surface area contributed by atoms with E-state index in [0.717, 1.165) is 0 Å². The summed E-state index contributed by atoms with van der Waals surface area (Å²) in [4.78, 5) is 11.6. The maximum atomic E-state index is 11.6. The molecule has 0 bridgehead atoms. The van der Waals surface area contributed by atoms with E-state index in [1.165, 1.54) is 0 Å². The molecule has 0 aliphatic heterocycles. The highest BCUT2D eigenvalue weighted by Crippen LogP contribution is 2.16. The Kier molecular flexibility index (Phi) is 7.39. The molecule has 0 aliphatic rings. The first kappa shape index (κ1) is 16.4. The Bertz CT molecular complexity index is 220. The van der Waals surface area contributed by atoms with Crippen LogP contribution in [0.25, 0.3) is 0 Å². The van der Waals surface area contributed by atoms with Crippen LogP contribution in [0.2, 0.25) is 0 Å². The highest BCUT2D eigenvalue weighted by Gasteiger charge is 2.25. The topological polar surface area (TPSA) is 44.8 Å². The van der Waals surface area contributed by atoms with Crippen molar-refractivity contribution in [3.05, 3.63) is 0 Å². The van der Waals surface area contributed by atoms with Crippen molar-refractivity contribution >= 4 is 5.97 Å². The molecular weight excluding hydrogens is 220 g/mol. The normalized spacial score (nSPS) is 15.4. The largest absolute Gasteiger partial charge is 0.460 e. The molecule has 0 aromatic heterocycles. The van der Waals surface area contributed by atoms with Crippen LogP contribution in [0.4, 0.5) is 0 Å². The Balaban J connectivity index is 3.80. The van der Waals surface area contributed by atoms with Crippen LogP contribution in [0.15, 0.2) is 0 Å². The van der Waals surface area contributed by atoms with E-state index in [0.29, 0.717) is 19.8 Å². The minimum Gasteiger partial charge on any atom is -0.460 e. The zero-order valence-electron chi connectivity index (χ0n) is 11.9. The fourth-order valence-corrected chi connectivity index (χ4v) is 1.03. The third-order valence-electron chi connectivity index (χ3n) is 2.09. The zero-order valence-corrected chi connectivity index (χ0v) is 11.9. The SMILES string of the molecule is CCOCC(C)OCC(C)OC(=O)C(C)(C)C. The predicted octanol–water partition coefficient (Wildman–Crippen LogP) is 2.41. The summed E-state index contributed by atoms with van der Waals surface area (Å²) in [7, 11) is 0. The summed E-state index contributed by atoms with van der Waals surface area (Å²) in [6.07, 6.45) is -0.212. The first-order valence-electron chi connectivity index (χ1n) is 6.17. The Morgan fingerprint density at radius 1 is 1.12 bits per heavy atom. The molecule has 17 heavy (non-hydrogen) atoms. The summed E-state index contributed by atoms with van der Waals surface area (Å²) in [5.74, 6) is -0.203. The van der Waals surface area contributed by atoms with Crippen molar-refractivity contribution in [1.29, 1.82) is 0 Å². The summed E-state index contributed by atoms with van der Waals surface area (Å²) in [5.41, 5.74) is -0.467. The Hall–Kier alpha value is -0.610. The number of hydrogen-bond acceptors (Lipinski definition) is 4. The summed E-state index contributed by atoms with van der Waals surface area (Å²) in [6.45, 7) is 12.9. The van der Waals surface area contributed by atoms with Gasteiger partial charge in [0, 0.05) is 6.61 Å². The van der Waals surface area contributed by atoms with Crippen molar-refractivity contribution in [1.82, 2.24) is 0 Å². The monoisotopic (exact) mass is 246 g/mol. The zero-order chi connectivity index (χ0) is 13.5. The van der Waals surface area contributed by atoms with Crippen molar-refractivity contribution in [3.63, 3.8) is 0 Å². The van der Waals surface area contributed by atoms with E-state index < -0.39 is 5.41 Å². The number of ether oxygens (including phenoxy) is 3. The smallest absolute Gasteiger partial charge is 0.311 e. The molecule has 0 heterocycles. The van der Waals surface area contributed by atoms with E-state index in [1.54, 1.807) is 0 Å². The van der Waals surface area contributed by atoms with Crippen LogP contribution in [0.5, 0.6) is 0 Å². The molecule has 0 aromatic carbocycles. The van der Waals surface area contributed by atoms with Gasteiger partial charge in [0.15, 0.2) is 0 Å². The number of hydrogen-bond donors (Lipinski definition) is 0. The summed E-state index contributed by atoms with van der Waals surface area (Å²) in [5, 5.41) is 0. The fourth-order valence-electron chi connectivity index (χ4n) is 1.03. The van der Waals surface area contributed by atoms with Gasteiger partial charge in [0.2, 0.25) is 0 Å². The Morgan fingerprint density at radius 3 is 2.18 bits per heavy atom. The van der Waals surface area contributed by atoms with E-state index in [1.807, 2.05) is 41.5 Å². The predicted molar refractivity (Wildman–Crippen MR) is 66.9 cm³/mol. The lowest BCUT2D eigenvalue weighted by atomic mass is 9.97. The highest BCUT2D eigenvalue weighted by atomic mass is 16.6. The van der Waals surface area contributed by atoms with E-state index in [4.69, 9.17) is 14.2 Å². The molecule has 0 saturated heterocycles. The second kappa shape index (κ2) is 7.67. The lowest BCUT2D eigenvalue weighted by Gasteiger charge is -2.22. The van der Waals surface area contributed by atoms with E-state index in [-0.39, 0.29) is 18.2 Å². The van der Waals surface area contributed by atoms with E-state index >= 15 is 0 Å². The molecule has 0 radical (unpaired) electrons. The lowest BCUT2D eigenvalue weighted by molar-refractivity contribution is -0.162. The maximum Gasteiger partial charge on any atom is 0.311 e. The van der Waals surface area contributed by atoms with Gasteiger partial charge in [-0.05, 0) is 41.5 Å². The van der Waals surface area contributed by atoms with Gasteiger partial charge in [0.25, 0.3) is 0 Å². The number of rotatable bonds is 7. The molecule has 2 unspecified atom stereocenters. The average Bonchev–Trinajstić information content (AvgIpc) is 2.22. The molecule has 0 rings (SSSR count). The molecule has 0 aromatic rings. The van der Waals surface area contributed by atoms with Crippen LogP contribution in [0, 0.1) is 5.41 Å². The summed E-state index contributed by atoms with van der Waals surface area (Å²) < 4.78 is 16.0. The van der Waals surface area contributed by atoms with Crippen molar-refractivity contribution in [2.24, 2.45) is 5.41 Å². The average molecular weight is 246 g/mol. The molecule has 4 heteroatoms. The first-order chi connectivity index (χ1) is 7.77. The quantitative estimate of drug-likeness (QED) is 0.647. The second-order valence-electron chi connectivity index (χ2n) is 5.27. The molecule has 0 aliphatic carbocycles. The molecule has 0 saturated carbocycles. The third kappa shape index (κ3) is 8.16. The van der Waals surface area contributed by atoms with Gasteiger partial charge in [-0.3, -0.25) is 4.79 Å². The minimum absolute atomic E-state index is 0.0192. The van der Waals surface area contributed by atoms with Crippen LogP contribution in [0.1, 0.15) is 41.5 Å². The molecule has 102 valence electrons. The van der Waals surface area contributed by atoms with Crippen LogP contribution >= 0.6 is 0 Å². The second-order valence-corrected chi connectivity index (χ2v) is 5.27. The molecule has 0 amide bonds. The Labute approximate surface area is 105 Å². The van der Waals surface area contributed by atoms with Gasteiger partial charge in [-0.1, -0.05) is 0 Å². The number of carbonyl (C=O) groups is 1. The summed E-state index contributed by atoms with van der Waals surface area (Å²) >= 11 is 0. The van der Waals surface area contributed by atoms with E-state index in [2.05, 4.69) is 0 Å². The molecular formula is C13H26O4. The van der Waals surface area contributed by atoms with Crippen LogP contribution in [-0.4, -0.2) is 38.0 Å². The van der Waals surface area contributed by atoms with Gasteiger partial charge in [-0.15, -0.1) is 0 Å². The molecule has 2 atom stereocenters. The number of esters is 1. The van der Waals surface area contributed by atoms with Crippen LogP contribution < -0.4 is 0 Å².